The lowest BCUT2D eigenvalue weighted by Crippen LogP contribution is -2.45. The molecule has 1 aliphatic heterocycles. The van der Waals surface area contributed by atoms with Crippen LogP contribution in [0.4, 0.5) is 5.82 Å². The lowest BCUT2D eigenvalue weighted by molar-refractivity contribution is -0.135. The summed E-state index contributed by atoms with van der Waals surface area (Å²) in [7, 11) is 0. The fraction of sp³-hybridized carbons (Fsp3) is 0.300. The minimum atomic E-state index is -0.570. The third-order valence-corrected chi connectivity index (χ3v) is 5.21. The molecule has 2 aromatic heterocycles. The van der Waals surface area contributed by atoms with Gasteiger partial charge < -0.3 is 14.6 Å². The summed E-state index contributed by atoms with van der Waals surface area (Å²) < 4.78 is 6.50. The van der Waals surface area contributed by atoms with Gasteiger partial charge in [-0.1, -0.05) is 23.7 Å². The number of carbonyl (C=O) groups is 2. The molecule has 0 saturated carbocycles. The first-order valence-corrected chi connectivity index (χ1v) is 9.67. The molecule has 4 rings (SSSR count). The van der Waals surface area contributed by atoms with Crippen LogP contribution >= 0.6 is 11.6 Å². The number of anilines is 1. The molecule has 1 aliphatic rings. The van der Waals surface area contributed by atoms with E-state index >= 15 is 0 Å². The molecular formula is C20H19ClN4O4. The highest BCUT2D eigenvalue weighted by molar-refractivity contribution is 6.30. The molecule has 29 heavy (non-hydrogen) atoms. The van der Waals surface area contributed by atoms with Crippen LogP contribution < -0.4 is 11.1 Å². The Kier molecular flexibility index (Phi) is 5.35. The number of carbonyl (C=O) groups excluding carboxylic acids is 2. The Morgan fingerprint density at radius 2 is 2.07 bits per heavy atom. The Hall–Kier alpha value is -3.13. The highest BCUT2D eigenvalue weighted by Crippen LogP contribution is 2.20. The number of para-hydroxylation sites is 2. The zero-order valence-electron chi connectivity index (χ0n) is 15.5. The first-order chi connectivity index (χ1) is 14.0. The molecule has 3 aromatic rings. The number of benzene rings is 1. The predicted octanol–water partition coefficient (Wildman–Crippen LogP) is 2.52. The summed E-state index contributed by atoms with van der Waals surface area (Å²) in [5.41, 5.74) is 1.02. The Morgan fingerprint density at radius 3 is 2.86 bits per heavy atom. The Balaban J connectivity index is 1.43. The zero-order chi connectivity index (χ0) is 20.4. The molecule has 0 radical (unpaired) electrons. The zero-order valence-corrected chi connectivity index (χ0v) is 16.3. The second-order valence-corrected chi connectivity index (χ2v) is 7.39. The second kappa shape index (κ2) is 8.08. The maximum atomic E-state index is 12.8. The number of nitrogens with zero attached hydrogens (tertiary/aromatic N) is 3. The van der Waals surface area contributed by atoms with Crippen molar-refractivity contribution in [1.82, 2.24) is 14.5 Å². The van der Waals surface area contributed by atoms with Gasteiger partial charge in [0, 0.05) is 19.3 Å². The number of likely N-dealkylation sites (tertiary alicyclic amines) is 1. The molecule has 0 aliphatic carbocycles. The summed E-state index contributed by atoms with van der Waals surface area (Å²) in [5, 5.41) is 3.25. The first kappa shape index (κ1) is 19.2. The van der Waals surface area contributed by atoms with E-state index in [2.05, 4.69) is 10.3 Å². The molecule has 1 atom stereocenters. The molecule has 1 unspecified atom stereocenters. The summed E-state index contributed by atoms with van der Waals surface area (Å²) >= 11 is 5.81. The minimum Gasteiger partial charge on any atom is -0.408 e. The number of piperidine rings is 1. The number of rotatable bonds is 4. The van der Waals surface area contributed by atoms with Crippen LogP contribution in [0, 0.1) is 5.92 Å². The van der Waals surface area contributed by atoms with Crippen LogP contribution in [0.5, 0.6) is 0 Å². The van der Waals surface area contributed by atoms with Gasteiger partial charge in [-0.2, -0.15) is 0 Å². The Labute approximate surface area is 171 Å². The van der Waals surface area contributed by atoms with Gasteiger partial charge in [0.05, 0.1) is 16.5 Å². The van der Waals surface area contributed by atoms with Crippen LogP contribution in [0.25, 0.3) is 11.1 Å². The van der Waals surface area contributed by atoms with E-state index in [9.17, 15) is 14.4 Å². The highest BCUT2D eigenvalue weighted by Gasteiger charge is 2.29. The minimum absolute atomic E-state index is 0.122. The van der Waals surface area contributed by atoms with Gasteiger partial charge in [0.2, 0.25) is 11.8 Å². The molecule has 9 heteroatoms. The fourth-order valence-electron chi connectivity index (χ4n) is 3.49. The molecule has 3 heterocycles. The van der Waals surface area contributed by atoms with Crippen molar-refractivity contribution in [2.75, 3.05) is 18.4 Å². The van der Waals surface area contributed by atoms with E-state index in [1.54, 1.807) is 41.3 Å². The van der Waals surface area contributed by atoms with E-state index in [0.717, 1.165) is 0 Å². The van der Waals surface area contributed by atoms with Gasteiger partial charge >= 0.3 is 5.76 Å². The van der Waals surface area contributed by atoms with Gasteiger partial charge in [0.25, 0.3) is 0 Å². The van der Waals surface area contributed by atoms with E-state index in [-0.39, 0.29) is 24.3 Å². The molecule has 1 N–H and O–H groups in total. The van der Waals surface area contributed by atoms with Crippen LogP contribution in [0.3, 0.4) is 0 Å². The number of hydrogen-bond acceptors (Lipinski definition) is 5. The summed E-state index contributed by atoms with van der Waals surface area (Å²) in [6, 6.07) is 10.2. The van der Waals surface area contributed by atoms with Crippen molar-refractivity contribution < 1.29 is 14.0 Å². The van der Waals surface area contributed by atoms with E-state index in [1.165, 1.54) is 10.8 Å². The molecular weight excluding hydrogens is 396 g/mol. The van der Waals surface area contributed by atoms with Crippen LogP contribution in [-0.4, -0.2) is 39.4 Å². The number of hydrogen-bond donors (Lipinski definition) is 1. The van der Waals surface area contributed by atoms with E-state index < -0.39 is 5.76 Å². The van der Waals surface area contributed by atoms with Gasteiger partial charge in [-0.15, -0.1) is 0 Å². The molecule has 1 fully saturated rings. The normalized spacial score (nSPS) is 16.7. The maximum Gasteiger partial charge on any atom is 0.420 e. The summed E-state index contributed by atoms with van der Waals surface area (Å²) in [6.07, 6.45) is 2.84. The molecule has 0 bridgehead atoms. The van der Waals surface area contributed by atoms with Crippen molar-refractivity contribution >= 4 is 40.3 Å². The average Bonchev–Trinajstić information content (AvgIpc) is 3.05. The van der Waals surface area contributed by atoms with Crippen LogP contribution in [0.1, 0.15) is 12.8 Å². The number of amides is 2. The third-order valence-electron chi connectivity index (χ3n) is 4.99. The summed E-state index contributed by atoms with van der Waals surface area (Å²) in [5.74, 6) is -0.911. The van der Waals surface area contributed by atoms with E-state index in [0.29, 0.717) is 47.9 Å². The lowest BCUT2D eigenvalue weighted by atomic mass is 9.97. The smallest absolute Gasteiger partial charge is 0.408 e. The number of halogens is 1. The van der Waals surface area contributed by atoms with Crippen molar-refractivity contribution in [1.29, 1.82) is 0 Å². The standard InChI is InChI=1S/C20H19ClN4O4/c21-14-7-8-17(22-10-14)23-19(27)13-4-3-9-24(11-13)18(26)12-25-15-5-1-2-6-16(15)29-20(25)28/h1-2,5-8,10,13H,3-4,9,11-12H2,(H,22,23,27). The molecule has 8 nitrogen and oxygen atoms in total. The van der Waals surface area contributed by atoms with Crippen LogP contribution in [-0.2, 0) is 16.1 Å². The maximum absolute atomic E-state index is 12.8. The highest BCUT2D eigenvalue weighted by atomic mass is 35.5. The number of aromatic nitrogens is 2. The van der Waals surface area contributed by atoms with Gasteiger partial charge in [0.15, 0.2) is 5.58 Å². The topological polar surface area (TPSA) is 97.4 Å². The van der Waals surface area contributed by atoms with Gasteiger partial charge in [-0.25, -0.2) is 9.78 Å². The van der Waals surface area contributed by atoms with Crippen LogP contribution in [0.2, 0.25) is 5.02 Å². The molecule has 150 valence electrons. The second-order valence-electron chi connectivity index (χ2n) is 6.95. The average molecular weight is 415 g/mol. The van der Waals surface area contributed by atoms with Crippen molar-refractivity contribution in [2.24, 2.45) is 5.92 Å². The number of pyridine rings is 1. The van der Waals surface area contributed by atoms with Gasteiger partial charge in [0.1, 0.15) is 12.4 Å². The number of nitrogens with one attached hydrogen (secondary N) is 1. The lowest BCUT2D eigenvalue weighted by Gasteiger charge is -2.32. The van der Waals surface area contributed by atoms with Crippen molar-refractivity contribution in [3.8, 4) is 0 Å². The van der Waals surface area contributed by atoms with Gasteiger partial charge in [-0.05, 0) is 37.1 Å². The Bertz CT molecular complexity index is 1110. The fourth-order valence-corrected chi connectivity index (χ4v) is 3.61. The molecule has 1 aromatic carbocycles. The largest absolute Gasteiger partial charge is 0.420 e. The third kappa shape index (κ3) is 4.17. The number of oxazole rings is 1. The van der Waals surface area contributed by atoms with Crippen molar-refractivity contribution in [3.05, 3.63) is 58.2 Å². The predicted molar refractivity (Wildman–Crippen MR) is 108 cm³/mol. The first-order valence-electron chi connectivity index (χ1n) is 9.30. The summed E-state index contributed by atoms with van der Waals surface area (Å²) in [6.45, 7) is 0.720. The quantitative estimate of drug-likeness (QED) is 0.707. The number of fused-ring (bicyclic) bond motifs is 1. The molecule has 0 spiro atoms. The van der Waals surface area contributed by atoms with Crippen LogP contribution in [0.15, 0.2) is 51.8 Å². The van der Waals surface area contributed by atoms with E-state index in [1.807, 2.05) is 0 Å². The van der Waals surface area contributed by atoms with E-state index in [4.69, 9.17) is 16.0 Å². The van der Waals surface area contributed by atoms with Crippen molar-refractivity contribution in [2.45, 2.75) is 19.4 Å². The Morgan fingerprint density at radius 1 is 1.24 bits per heavy atom. The monoisotopic (exact) mass is 414 g/mol. The summed E-state index contributed by atoms with van der Waals surface area (Å²) in [4.78, 5) is 43.2. The van der Waals surface area contributed by atoms with Gasteiger partial charge in [-0.3, -0.25) is 14.2 Å². The SMILES string of the molecule is O=C(Nc1ccc(Cl)cn1)C1CCCN(C(=O)Cn2c(=O)oc3ccccc32)C1. The molecule has 2 amide bonds. The van der Waals surface area contributed by atoms with Crippen molar-refractivity contribution in [3.63, 3.8) is 0 Å². The molecule has 1 saturated heterocycles.